The van der Waals surface area contributed by atoms with Crippen molar-refractivity contribution in [3.8, 4) is 0 Å². The minimum Gasteiger partial charge on any atom is -0.481 e. The number of anilines is 1. The number of carboxylic acid groups (broad SMARTS) is 2. The Hall–Kier alpha value is -2.57. The van der Waals surface area contributed by atoms with Gasteiger partial charge in [-0.05, 0) is 25.5 Å². The fourth-order valence-electron chi connectivity index (χ4n) is 1.89. The van der Waals surface area contributed by atoms with E-state index in [0.29, 0.717) is 12.2 Å². The summed E-state index contributed by atoms with van der Waals surface area (Å²) in [5.74, 6) is -2.67. The van der Waals surface area contributed by atoms with Crippen LogP contribution in [0.3, 0.4) is 0 Å². The number of carboxylic acids is 2. The molecule has 7 heteroatoms. The van der Waals surface area contributed by atoms with E-state index in [1.54, 1.807) is 19.1 Å². The number of hydrogen-bond donors (Lipinski definition) is 3. The molecular formula is C14H18N2O5. The number of para-hydroxylation sites is 1. The van der Waals surface area contributed by atoms with Crippen molar-refractivity contribution in [2.45, 2.75) is 26.3 Å². The number of aliphatic carboxylic acids is 2. The Balaban J connectivity index is 2.91. The van der Waals surface area contributed by atoms with Gasteiger partial charge in [-0.15, -0.1) is 0 Å². The van der Waals surface area contributed by atoms with Gasteiger partial charge in [0.15, 0.2) is 0 Å². The van der Waals surface area contributed by atoms with Crippen LogP contribution in [0.4, 0.5) is 10.5 Å². The van der Waals surface area contributed by atoms with Crippen LogP contribution < -0.4 is 10.2 Å². The van der Waals surface area contributed by atoms with Gasteiger partial charge in [0.25, 0.3) is 0 Å². The number of hydrogen-bond acceptors (Lipinski definition) is 3. The maximum Gasteiger partial charge on any atom is 0.326 e. The molecule has 0 heterocycles. The molecule has 7 nitrogen and oxygen atoms in total. The van der Waals surface area contributed by atoms with Crippen LogP contribution in [-0.2, 0) is 9.59 Å². The first-order valence-corrected chi connectivity index (χ1v) is 6.45. The van der Waals surface area contributed by atoms with Crippen LogP contribution in [0.2, 0.25) is 0 Å². The molecule has 1 rings (SSSR count). The smallest absolute Gasteiger partial charge is 0.326 e. The lowest BCUT2D eigenvalue weighted by Crippen LogP contribution is -2.49. The van der Waals surface area contributed by atoms with Crippen molar-refractivity contribution < 1.29 is 24.6 Å². The minimum absolute atomic E-state index is 0.329. The zero-order valence-corrected chi connectivity index (χ0v) is 11.9. The van der Waals surface area contributed by atoms with Crippen molar-refractivity contribution in [2.75, 3.05) is 11.4 Å². The van der Waals surface area contributed by atoms with E-state index in [-0.39, 0.29) is 0 Å². The molecule has 114 valence electrons. The average Bonchev–Trinajstić information content (AvgIpc) is 2.40. The standard InChI is InChI=1S/C14H18N2O5/c1-3-16(11-7-5-4-6-9(11)2)14(21)15-10(13(19)20)8-12(17)18/h4-7,10H,3,8H2,1-2H3,(H,15,21)(H,17,18)(H,19,20)/t10-/m0/s1. The fourth-order valence-corrected chi connectivity index (χ4v) is 1.89. The molecule has 0 fully saturated rings. The van der Waals surface area contributed by atoms with E-state index >= 15 is 0 Å². The average molecular weight is 294 g/mol. The van der Waals surface area contributed by atoms with E-state index in [9.17, 15) is 14.4 Å². The number of amides is 2. The molecule has 0 unspecified atom stereocenters. The molecule has 0 aromatic heterocycles. The summed E-state index contributed by atoms with van der Waals surface area (Å²) in [5, 5.41) is 19.9. The predicted molar refractivity (Wildman–Crippen MR) is 76.4 cm³/mol. The molecular weight excluding hydrogens is 276 g/mol. The first kappa shape index (κ1) is 16.5. The third kappa shape index (κ3) is 4.48. The van der Waals surface area contributed by atoms with Gasteiger partial charge in [-0.1, -0.05) is 18.2 Å². The molecule has 0 bridgehead atoms. The highest BCUT2D eigenvalue weighted by Gasteiger charge is 2.26. The lowest BCUT2D eigenvalue weighted by Gasteiger charge is -2.25. The molecule has 0 aliphatic rings. The molecule has 1 aromatic rings. The number of urea groups is 1. The lowest BCUT2D eigenvalue weighted by molar-refractivity contribution is -0.145. The van der Waals surface area contributed by atoms with Crippen LogP contribution in [0.5, 0.6) is 0 Å². The summed E-state index contributed by atoms with van der Waals surface area (Å²) in [6, 6.07) is 5.07. The Bertz CT molecular complexity index is 544. The number of carbonyl (C=O) groups is 3. The molecule has 1 atom stereocenters. The SMILES string of the molecule is CCN(C(=O)N[C@@H](CC(=O)O)C(=O)O)c1ccccc1C. The number of nitrogens with zero attached hydrogens (tertiary/aromatic N) is 1. The number of nitrogens with one attached hydrogen (secondary N) is 1. The predicted octanol–water partition coefficient (Wildman–Crippen LogP) is 1.46. The molecule has 0 radical (unpaired) electrons. The lowest BCUT2D eigenvalue weighted by atomic mass is 10.2. The third-order valence-corrected chi connectivity index (χ3v) is 2.94. The molecule has 2 amide bonds. The summed E-state index contributed by atoms with van der Waals surface area (Å²) in [4.78, 5) is 35.2. The fraction of sp³-hybridized carbons (Fsp3) is 0.357. The second-order valence-electron chi connectivity index (χ2n) is 4.47. The molecule has 0 aliphatic heterocycles. The van der Waals surface area contributed by atoms with Crippen LogP contribution in [0.1, 0.15) is 18.9 Å². The van der Waals surface area contributed by atoms with Gasteiger partial charge >= 0.3 is 18.0 Å². The number of aryl methyl sites for hydroxylation is 1. The maximum absolute atomic E-state index is 12.2. The minimum atomic E-state index is -1.46. The van der Waals surface area contributed by atoms with E-state index in [1.165, 1.54) is 4.90 Å². The van der Waals surface area contributed by atoms with Crippen molar-refractivity contribution in [2.24, 2.45) is 0 Å². The summed E-state index contributed by atoms with van der Waals surface area (Å²) in [6.45, 7) is 3.91. The van der Waals surface area contributed by atoms with Gasteiger partial charge in [-0.25, -0.2) is 9.59 Å². The topological polar surface area (TPSA) is 107 Å². The molecule has 1 aromatic carbocycles. The third-order valence-electron chi connectivity index (χ3n) is 2.94. The van der Waals surface area contributed by atoms with Gasteiger partial charge in [0.2, 0.25) is 0 Å². The second kappa shape index (κ2) is 7.28. The van der Waals surface area contributed by atoms with Crippen LogP contribution in [-0.4, -0.2) is 40.8 Å². The maximum atomic E-state index is 12.2. The zero-order valence-electron chi connectivity index (χ0n) is 11.9. The van der Waals surface area contributed by atoms with Crippen LogP contribution in [0.25, 0.3) is 0 Å². The largest absolute Gasteiger partial charge is 0.481 e. The van der Waals surface area contributed by atoms with Gasteiger partial charge in [0, 0.05) is 12.2 Å². The summed E-state index contributed by atoms with van der Waals surface area (Å²) in [7, 11) is 0. The molecule has 21 heavy (non-hydrogen) atoms. The quantitative estimate of drug-likeness (QED) is 0.736. The van der Waals surface area contributed by atoms with E-state index in [1.807, 2.05) is 19.1 Å². The van der Waals surface area contributed by atoms with E-state index < -0.39 is 30.4 Å². The summed E-state index contributed by atoms with van der Waals surface area (Å²) < 4.78 is 0. The highest BCUT2D eigenvalue weighted by molar-refractivity contribution is 5.95. The van der Waals surface area contributed by atoms with Crippen molar-refractivity contribution >= 4 is 23.7 Å². The summed E-state index contributed by atoms with van der Waals surface area (Å²) >= 11 is 0. The molecule has 0 saturated heterocycles. The first-order valence-electron chi connectivity index (χ1n) is 6.45. The van der Waals surface area contributed by atoms with Crippen molar-refractivity contribution in [3.05, 3.63) is 29.8 Å². The van der Waals surface area contributed by atoms with E-state index in [2.05, 4.69) is 5.32 Å². The van der Waals surface area contributed by atoms with Gasteiger partial charge in [0.05, 0.1) is 6.42 Å². The Kier molecular flexibility index (Phi) is 5.71. The number of rotatable bonds is 6. The van der Waals surface area contributed by atoms with Crippen molar-refractivity contribution in [3.63, 3.8) is 0 Å². The Morgan fingerprint density at radius 1 is 1.24 bits per heavy atom. The monoisotopic (exact) mass is 294 g/mol. The normalized spacial score (nSPS) is 11.5. The number of benzene rings is 1. The second-order valence-corrected chi connectivity index (χ2v) is 4.47. The molecule has 3 N–H and O–H groups in total. The van der Waals surface area contributed by atoms with Crippen molar-refractivity contribution in [1.82, 2.24) is 5.32 Å². The highest BCUT2D eigenvalue weighted by atomic mass is 16.4. The molecule has 0 aliphatic carbocycles. The van der Waals surface area contributed by atoms with Gasteiger partial charge < -0.3 is 15.5 Å². The first-order chi connectivity index (χ1) is 9.86. The Morgan fingerprint density at radius 2 is 1.86 bits per heavy atom. The molecule has 0 saturated carbocycles. The van der Waals surface area contributed by atoms with E-state index in [0.717, 1.165) is 5.56 Å². The van der Waals surface area contributed by atoms with Gasteiger partial charge in [0.1, 0.15) is 6.04 Å². The highest BCUT2D eigenvalue weighted by Crippen LogP contribution is 2.19. The van der Waals surface area contributed by atoms with E-state index in [4.69, 9.17) is 10.2 Å². The van der Waals surface area contributed by atoms with Crippen LogP contribution in [0, 0.1) is 6.92 Å². The summed E-state index contributed by atoms with van der Waals surface area (Å²) in [5.41, 5.74) is 1.51. The summed E-state index contributed by atoms with van der Waals surface area (Å²) in [6.07, 6.45) is -0.674. The van der Waals surface area contributed by atoms with Crippen LogP contribution >= 0.6 is 0 Å². The Morgan fingerprint density at radius 3 is 2.33 bits per heavy atom. The van der Waals surface area contributed by atoms with Gasteiger partial charge in [-0.2, -0.15) is 0 Å². The number of carbonyl (C=O) groups excluding carboxylic acids is 1. The van der Waals surface area contributed by atoms with Crippen molar-refractivity contribution in [1.29, 1.82) is 0 Å². The van der Waals surface area contributed by atoms with Gasteiger partial charge in [-0.3, -0.25) is 9.69 Å². The Labute approximate surface area is 122 Å². The zero-order chi connectivity index (χ0) is 16.0. The van der Waals surface area contributed by atoms with Crippen LogP contribution in [0.15, 0.2) is 24.3 Å². The molecule has 0 spiro atoms.